The molecule has 1 aliphatic rings. The number of para-hydroxylation sites is 2. The lowest BCUT2D eigenvalue weighted by atomic mass is 9.90. The fourth-order valence-corrected chi connectivity index (χ4v) is 4.84. The molecule has 1 atom stereocenters. The zero-order valence-electron chi connectivity index (χ0n) is 17.4. The third-order valence-electron chi connectivity index (χ3n) is 6.16. The van der Waals surface area contributed by atoms with Crippen molar-refractivity contribution in [2.24, 2.45) is 5.73 Å². The molecule has 2 aromatic heterocycles. The number of aromatic amines is 1. The predicted octanol–water partition coefficient (Wildman–Crippen LogP) is 5.15. The Bertz CT molecular complexity index is 1170. The number of benzene rings is 2. The second-order valence-electron chi connectivity index (χ2n) is 8.18. The molecule has 0 bridgehead atoms. The lowest BCUT2D eigenvalue weighted by Gasteiger charge is -2.35. The average molecular weight is 432 g/mol. The molecule has 0 fully saturated rings. The first-order valence-electron chi connectivity index (χ1n) is 10.8. The van der Waals surface area contributed by atoms with Gasteiger partial charge >= 0.3 is 0 Å². The molecule has 5 rings (SSSR count). The normalized spacial score (nSPS) is 16.0. The van der Waals surface area contributed by atoms with Crippen LogP contribution in [0.5, 0.6) is 0 Å². The maximum Gasteiger partial charge on any atom is 0.121 e. The Morgan fingerprint density at radius 1 is 1.06 bits per heavy atom. The number of nitrogens with one attached hydrogen (secondary N) is 1. The number of aryl methyl sites for hydroxylation is 1. The number of rotatable bonds is 6. The monoisotopic (exact) mass is 431 g/mol. The molecule has 4 aromatic rings. The Kier molecular flexibility index (Phi) is 5.72. The van der Waals surface area contributed by atoms with E-state index in [1.165, 1.54) is 11.3 Å². The molecule has 158 valence electrons. The summed E-state index contributed by atoms with van der Waals surface area (Å²) >= 11 is 6.35. The molecule has 2 heterocycles. The Hall–Kier alpha value is -2.73. The molecule has 0 amide bonds. The van der Waals surface area contributed by atoms with Crippen LogP contribution in [0.2, 0.25) is 5.02 Å². The molecule has 1 aliphatic carbocycles. The molecular weight excluding hydrogens is 406 g/mol. The van der Waals surface area contributed by atoms with E-state index >= 15 is 0 Å². The van der Waals surface area contributed by atoms with Crippen LogP contribution in [0.3, 0.4) is 0 Å². The first-order valence-corrected chi connectivity index (χ1v) is 11.2. The van der Waals surface area contributed by atoms with E-state index < -0.39 is 0 Å². The SMILES string of the molecule is NCc1ccc(Cl)cc1CN(Cc1nc2ccccc2[nH]1)C1CCCc2cccnc21. The number of nitrogens with zero attached hydrogens (tertiary/aromatic N) is 3. The largest absolute Gasteiger partial charge is 0.341 e. The summed E-state index contributed by atoms with van der Waals surface area (Å²) in [5.74, 6) is 0.959. The van der Waals surface area contributed by atoms with Crippen molar-refractivity contribution in [3.05, 3.63) is 94.0 Å². The van der Waals surface area contributed by atoms with Crippen LogP contribution < -0.4 is 5.73 Å². The zero-order valence-corrected chi connectivity index (χ0v) is 18.1. The van der Waals surface area contributed by atoms with Gasteiger partial charge in [-0.25, -0.2) is 4.98 Å². The Balaban J connectivity index is 1.53. The van der Waals surface area contributed by atoms with Crippen molar-refractivity contribution in [3.8, 4) is 0 Å². The highest BCUT2D eigenvalue weighted by molar-refractivity contribution is 6.30. The number of hydrogen-bond donors (Lipinski definition) is 2. The van der Waals surface area contributed by atoms with Crippen LogP contribution in [-0.2, 0) is 26.1 Å². The van der Waals surface area contributed by atoms with Gasteiger partial charge in [-0.15, -0.1) is 0 Å². The number of fused-ring (bicyclic) bond motifs is 2. The van der Waals surface area contributed by atoms with E-state index in [-0.39, 0.29) is 6.04 Å². The summed E-state index contributed by atoms with van der Waals surface area (Å²) in [4.78, 5) is 15.6. The van der Waals surface area contributed by atoms with Gasteiger partial charge < -0.3 is 10.7 Å². The summed E-state index contributed by atoms with van der Waals surface area (Å²) in [6, 6.07) is 18.6. The van der Waals surface area contributed by atoms with Gasteiger partial charge in [0.2, 0.25) is 0 Å². The van der Waals surface area contributed by atoms with Crippen molar-refractivity contribution in [1.82, 2.24) is 19.9 Å². The van der Waals surface area contributed by atoms with E-state index in [9.17, 15) is 0 Å². The van der Waals surface area contributed by atoms with Crippen molar-refractivity contribution in [1.29, 1.82) is 0 Å². The Labute approximate surface area is 187 Å². The number of hydrogen-bond acceptors (Lipinski definition) is 4. The number of pyridine rings is 1. The van der Waals surface area contributed by atoms with Crippen LogP contribution in [0.1, 0.15) is 47.1 Å². The number of nitrogens with two attached hydrogens (primary N) is 1. The summed E-state index contributed by atoms with van der Waals surface area (Å²) < 4.78 is 0. The van der Waals surface area contributed by atoms with Crippen molar-refractivity contribution in [2.45, 2.75) is 44.9 Å². The maximum atomic E-state index is 6.35. The average Bonchev–Trinajstić information content (AvgIpc) is 3.21. The number of H-pyrrole nitrogens is 1. The first kappa shape index (κ1) is 20.2. The minimum Gasteiger partial charge on any atom is -0.341 e. The summed E-state index contributed by atoms with van der Waals surface area (Å²) in [5.41, 5.74) is 12.9. The van der Waals surface area contributed by atoms with Gasteiger partial charge in [-0.3, -0.25) is 9.88 Å². The second kappa shape index (κ2) is 8.79. The van der Waals surface area contributed by atoms with Gasteiger partial charge in [0.15, 0.2) is 0 Å². The van der Waals surface area contributed by atoms with Gasteiger partial charge in [0.05, 0.1) is 29.3 Å². The van der Waals surface area contributed by atoms with E-state index in [4.69, 9.17) is 27.3 Å². The van der Waals surface area contributed by atoms with Crippen molar-refractivity contribution in [2.75, 3.05) is 0 Å². The van der Waals surface area contributed by atoms with Crippen LogP contribution in [-0.4, -0.2) is 19.9 Å². The minimum absolute atomic E-state index is 0.225. The second-order valence-corrected chi connectivity index (χ2v) is 8.62. The van der Waals surface area contributed by atoms with Crippen molar-refractivity contribution >= 4 is 22.6 Å². The summed E-state index contributed by atoms with van der Waals surface area (Å²) in [7, 11) is 0. The van der Waals surface area contributed by atoms with Crippen molar-refractivity contribution < 1.29 is 0 Å². The maximum absolute atomic E-state index is 6.35. The van der Waals surface area contributed by atoms with E-state index in [1.807, 2.05) is 48.7 Å². The lowest BCUT2D eigenvalue weighted by molar-refractivity contribution is 0.153. The summed E-state index contributed by atoms with van der Waals surface area (Å²) in [5, 5.41) is 0.734. The third-order valence-corrected chi connectivity index (χ3v) is 6.39. The van der Waals surface area contributed by atoms with Crippen molar-refractivity contribution in [3.63, 3.8) is 0 Å². The molecule has 1 unspecified atom stereocenters. The fraction of sp³-hybridized carbons (Fsp3) is 0.280. The van der Waals surface area contributed by atoms with Gasteiger partial charge in [-0.1, -0.05) is 35.9 Å². The lowest BCUT2D eigenvalue weighted by Crippen LogP contribution is -2.32. The van der Waals surface area contributed by atoms with Gasteiger partial charge in [0.1, 0.15) is 5.82 Å². The van der Waals surface area contributed by atoms with Gasteiger partial charge in [0.25, 0.3) is 0 Å². The van der Waals surface area contributed by atoms with Gasteiger partial charge in [-0.05, 0) is 66.3 Å². The Morgan fingerprint density at radius 2 is 1.97 bits per heavy atom. The highest BCUT2D eigenvalue weighted by Crippen LogP contribution is 2.35. The van der Waals surface area contributed by atoms with Gasteiger partial charge in [0, 0.05) is 24.3 Å². The Morgan fingerprint density at radius 3 is 2.84 bits per heavy atom. The predicted molar refractivity (Wildman–Crippen MR) is 125 cm³/mol. The molecule has 0 spiro atoms. The molecule has 3 N–H and O–H groups in total. The quantitative estimate of drug-likeness (QED) is 0.443. The molecule has 0 radical (unpaired) electrons. The number of imidazole rings is 1. The molecule has 5 nitrogen and oxygen atoms in total. The van der Waals surface area contributed by atoms with E-state index in [1.54, 1.807) is 0 Å². The number of halogens is 1. The molecule has 0 saturated carbocycles. The molecule has 0 aliphatic heterocycles. The van der Waals surface area contributed by atoms with Crippen LogP contribution in [0.4, 0.5) is 0 Å². The summed E-state index contributed by atoms with van der Waals surface area (Å²) in [6.07, 6.45) is 5.21. The van der Waals surface area contributed by atoms with E-state index in [2.05, 4.69) is 22.0 Å². The molecule has 2 aromatic carbocycles. The van der Waals surface area contributed by atoms with Crippen LogP contribution in [0.25, 0.3) is 11.0 Å². The summed E-state index contributed by atoms with van der Waals surface area (Å²) in [6.45, 7) is 1.93. The fourth-order valence-electron chi connectivity index (χ4n) is 4.65. The highest BCUT2D eigenvalue weighted by Gasteiger charge is 2.28. The van der Waals surface area contributed by atoms with Crippen LogP contribution in [0, 0.1) is 0 Å². The molecule has 6 heteroatoms. The zero-order chi connectivity index (χ0) is 21.2. The minimum atomic E-state index is 0.225. The highest BCUT2D eigenvalue weighted by atomic mass is 35.5. The molecule has 31 heavy (non-hydrogen) atoms. The topological polar surface area (TPSA) is 70.8 Å². The molecular formula is C25H26ClN5. The first-order chi connectivity index (χ1) is 15.2. The van der Waals surface area contributed by atoms with Crippen LogP contribution in [0.15, 0.2) is 60.8 Å². The third kappa shape index (κ3) is 4.22. The van der Waals surface area contributed by atoms with E-state index in [0.717, 1.165) is 58.8 Å². The standard InChI is InChI=1S/C25H26ClN5/c26-20-11-10-18(14-27)19(13-20)15-31(16-24-29-21-7-1-2-8-22(21)30-24)23-9-3-5-17-6-4-12-28-25(17)23/h1-2,4,6-8,10-13,23H,3,5,9,14-16,27H2,(H,29,30). The van der Waals surface area contributed by atoms with Gasteiger partial charge in [-0.2, -0.15) is 0 Å². The number of aromatic nitrogens is 3. The van der Waals surface area contributed by atoms with Crippen LogP contribution >= 0.6 is 11.6 Å². The van der Waals surface area contributed by atoms with E-state index in [0.29, 0.717) is 13.1 Å². The molecule has 0 saturated heterocycles. The smallest absolute Gasteiger partial charge is 0.121 e.